The molecule has 7 nitrogen and oxygen atoms in total. The number of aromatic nitrogens is 1. The summed E-state index contributed by atoms with van der Waals surface area (Å²) in [4.78, 5) is 17.0. The normalized spacial score (nSPS) is 10.9. The van der Waals surface area contributed by atoms with Gasteiger partial charge in [-0.25, -0.2) is 8.42 Å². The molecule has 0 saturated heterocycles. The van der Waals surface area contributed by atoms with Gasteiger partial charge in [0.15, 0.2) is 0 Å². The summed E-state index contributed by atoms with van der Waals surface area (Å²) in [6.45, 7) is -0.189. The van der Waals surface area contributed by atoms with Crippen molar-refractivity contribution in [1.82, 2.24) is 10.3 Å². The molecule has 8 heteroatoms. The Balaban J connectivity index is 1.56. The zero-order valence-electron chi connectivity index (χ0n) is 18.2. The average molecular weight is 474 g/mol. The number of hydrogen-bond acceptors (Lipinski definition) is 5. The molecule has 0 saturated carbocycles. The SMILES string of the molecule is O=C(CN(c1ccc(Oc2ccccc2)cc1)S(=O)(=O)c1ccccc1)NCc1ccccn1. The highest BCUT2D eigenvalue weighted by atomic mass is 32.2. The maximum Gasteiger partial charge on any atom is 0.264 e. The van der Waals surface area contributed by atoms with Crippen LogP contribution in [0.1, 0.15) is 5.69 Å². The molecule has 3 aromatic carbocycles. The van der Waals surface area contributed by atoms with E-state index in [9.17, 15) is 13.2 Å². The van der Waals surface area contributed by atoms with E-state index in [0.717, 1.165) is 4.31 Å². The standard InChI is InChI=1S/C26H23N3O4S/c30-26(28-19-21-9-7-8-18-27-21)20-29(34(31,32)25-12-5-2-6-13-25)22-14-16-24(17-15-22)33-23-10-3-1-4-11-23/h1-18H,19-20H2,(H,28,30). The zero-order chi connectivity index (χ0) is 23.8. The molecule has 0 atom stereocenters. The van der Waals surface area contributed by atoms with E-state index in [2.05, 4.69) is 10.3 Å². The molecule has 1 heterocycles. The first-order valence-electron chi connectivity index (χ1n) is 10.6. The minimum atomic E-state index is -3.99. The predicted molar refractivity (Wildman–Crippen MR) is 130 cm³/mol. The quantitative estimate of drug-likeness (QED) is 0.390. The number of pyridine rings is 1. The fraction of sp³-hybridized carbons (Fsp3) is 0.0769. The van der Waals surface area contributed by atoms with Crippen molar-refractivity contribution in [2.45, 2.75) is 11.4 Å². The molecule has 4 rings (SSSR count). The number of nitrogens with zero attached hydrogens (tertiary/aromatic N) is 2. The molecule has 0 bridgehead atoms. The molecule has 172 valence electrons. The van der Waals surface area contributed by atoms with Crippen molar-refractivity contribution in [3.63, 3.8) is 0 Å². The fourth-order valence-electron chi connectivity index (χ4n) is 3.22. The molecular weight excluding hydrogens is 450 g/mol. The van der Waals surface area contributed by atoms with E-state index in [4.69, 9.17) is 4.74 Å². The first-order valence-corrected chi connectivity index (χ1v) is 12.0. The van der Waals surface area contributed by atoms with Crippen molar-refractivity contribution in [3.05, 3.63) is 115 Å². The van der Waals surface area contributed by atoms with Crippen molar-refractivity contribution in [2.24, 2.45) is 0 Å². The van der Waals surface area contributed by atoms with Crippen molar-refractivity contribution < 1.29 is 17.9 Å². The summed E-state index contributed by atoms with van der Waals surface area (Å²) in [5.74, 6) is 0.763. The predicted octanol–water partition coefficient (Wildman–Crippen LogP) is 4.39. The molecule has 0 unspecified atom stereocenters. The molecule has 1 amide bonds. The van der Waals surface area contributed by atoms with Gasteiger partial charge in [0.25, 0.3) is 10.0 Å². The van der Waals surface area contributed by atoms with E-state index in [-0.39, 0.29) is 18.0 Å². The van der Waals surface area contributed by atoms with Gasteiger partial charge in [-0.3, -0.25) is 14.1 Å². The van der Waals surface area contributed by atoms with Crippen LogP contribution < -0.4 is 14.4 Å². The van der Waals surface area contributed by atoms with Crippen molar-refractivity contribution in [3.8, 4) is 11.5 Å². The van der Waals surface area contributed by atoms with Crippen LogP contribution in [0.3, 0.4) is 0 Å². The Kier molecular flexibility index (Phi) is 7.19. The van der Waals surface area contributed by atoms with Gasteiger partial charge >= 0.3 is 0 Å². The second-order valence-electron chi connectivity index (χ2n) is 7.33. The summed E-state index contributed by atoms with van der Waals surface area (Å²) in [5.41, 5.74) is 1.02. The number of anilines is 1. The Bertz CT molecular complexity index is 1320. The van der Waals surface area contributed by atoms with Crippen molar-refractivity contribution >= 4 is 21.6 Å². The lowest BCUT2D eigenvalue weighted by atomic mass is 10.3. The maximum absolute atomic E-state index is 13.4. The highest BCUT2D eigenvalue weighted by molar-refractivity contribution is 7.92. The molecule has 0 aliphatic rings. The number of ether oxygens (including phenoxy) is 1. The van der Waals surface area contributed by atoms with Crippen LogP contribution >= 0.6 is 0 Å². The summed E-state index contributed by atoms with van der Waals surface area (Å²) in [6, 6.07) is 29.2. The number of carbonyl (C=O) groups is 1. The summed E-state index contributed by atoms with van der Waals surface area (Å²) in [6.07, 6.45) is 1.63. The Morgan fingerprint density at radius 2 is 1.41 bits per heavy atom. The molecule has 0 aliphatic carbocycles. The minimum absolute atomic E-state index is 0.0946. The van der Waals surface area contributed by atoms with Crippen LogP contribution in [-0.2, 0) is 21.4 Å². The van der Waals surface area contributed by atoms with Crippen LogP contribution in [0.2, 0.25) is 0 Å². The number of hydrogen-bond donors (Lipinski definition) is 1. The van der Waals surface area contributed by atoms with E-state index in [0.29, 0.717) is 22.9 Å². The number of carbonyl (C=O) groups excluding carboxylic acids is 1. The van der Waals surface area contributed by atoms with Crippen LogP contribution in [0.5, 0.6) is 11.5 Å². The second kappa shape index (κ2) is 10.6. The lowest BCUT2D eigenvalue weighted by molar-refractivity contribution is -0.119. The van der Waals surface area contributed by atoms with Gasteiger partial charge in [-0.05, 0) is 60.7 Å². The number of para-hydroxylation sites is 1. The largest absolute Gasteiger partial charge is 0.457 e. The first-order chi connectivity index (χ1) is 16.5. The topological polar surface area (TPSA) is 88.6 Å². The summed E-state index contributed by atoms with van der Waals surface area (Å²) >= 11 is 0. The number of benzene rings is 3. The number of rotatable bonds is 9. The Morgan fingerprint density at radius 1 is 0.794 bits per heavy atom. The molecule has 0 spiro atoms. The van der Waals surface area contributed by atoms with Crippen LogP contribution in [0, 0.1) is 0 Å². The second-order valence-corrected chi connectivity index (χ2v) is 9.19. The highest BCUT2D eigenvalue weighted by Crippen LogP contribution is 2.27. The van der Waals surface area contributed by atoms with Gasteiger partial charge in [0.05, 0.1) is 22.8 Å². The van der Waals surface area contributed by atoms with Crippen LogP contribution in [0.4, 0.5) is 5.69 Å². The molecule has 1 aromatic heterocycles. The van der Waals surface area contributed by atoms with Gasteiger partial charge in [0, 0.05) is 6.20 Å². The first kappa shape index (κ1) is 23.0. The third-order valence-corrected chi connectivity index (χ3v) is 6.70. The lowest BCUT2D eigenvalue weighted by Crippen LogP contribution is -2.40. The monoisotopic (exact) mass is 473 g/mol. The third kappa shape index (κ3) is 5.79. The maximum atomic E-state index is 13.4. The Labute approximate surface area is 198 Å². The van der Waals surface area contributed by atoms with Gasteiger partial charge in [0.2, 0.25) is 5.91 Å². The van der Waals surface area contributed by atoms with E-state index in [1.54, 1.807) is 60.8 Å². The molecule has 0 radical (unpaired) electrons. The molecule has 34 heavy (non-hydrogen) atoms. The number of sulfonamides is 1. The zero-order valence-corrected chi connectivity index (χ0v) is 19.1. The molecular formula is C26H23N3O4S. The Morgan fingerprint density at radius 3 is 2.06 bits per heavy atom. The van der Waals surface area contributed by atoms with Gasteiger partial charge in [-0.15, -0.1) is 0 Å². The van der Waals surface area contributed by atoms with Crippen molar-refractivity contribution in [2.75, 3.05) is 10.8 Å². The van der Waals surface area contributed by atoms with Gasteiger partial charge in [-0.2, -0.15) is 0 Å². The summed E-state index contributed by atoms with van der Waals surface area (Å²) in [7, 11) is -3.99. The van der Waals surface area contributed by atoms with E-state index >= 15 is 0 Å². The lowest BCUT2D eigenvalue weighted by Gasteiger charge is -2.24. The van der Waals surface area contributed by atoms with Crippen LogP contribution in [-0.4, -0.2) is 25.9 Å². The molecule has 4 aromatic rings. The number of nitrogens with one attached hydrogen (secondary N) is 1. The molecule has 0 aliphatic heterocycles. The fourth-order valence-corrected chi connectivity index (χ4v) is 4.66. The average Bonchev–Trinajstić information content (AvgIpc) is 2.88. The van der Waals surface area contributed by atoms with Gasteiger partial charge in [0.1, 0.15) is 18.0 Å². The van der Waals surface area contributed by atoms with E-state index in [1.165, 1.54) is 12.1 Å². The molecule has 0 fully saturated rings. The third-order valence-electron chi connectivity index (χ3n) is 4.91. The van der Waals surface area contributed by atoms with Gasteiger partial charge < -0.3 is 10.1 Å². The molecule has 1 N–H and O–H groups in total. The van der Waals surface area contributed by atoms with Crippen LogP contribution in [0.25, 0.3) is 0 Å². The highest BCUT2D eigenvalue weighted by Gasteiger charge is 2.27. The van der Waals surface area contributed by atoms with Crippen molar-refractivity contribution in [1.29, 1.82) is 0 Å². The van der Waals surface area contributed by atoms with E-state index < -0.39 is 15.9 Å². The minimum Gasteiger partial charge on any atom is -0.457 e. The summed E-state index contributed by atoms with van der Waals surface area (Å²) in [5, 5.41) is 2.73. The Hall–Kier alpha value is -4.17. The van der Waals surface area contributed by atoms with Crippen LogP contribution in [0.15, 0.2) is 114 Å². The summed E-state index contributed by atoms with van der Waals surface area (Å²) < 4.78 is 33.7. The van der Waals surface area contributed by atoms with Gasteiger partial charge in [-0.1, -0.05) is 42.5 Å². The smallest absolute Gasteiger partial charge is 0.264 e. The van der Waals surface area contributed by atoms with E-state index in [1.807, 2.05) is 36.4 Å². The number of amides is 1.